The van der Waals surface area contributed by atoms with Crippen molar-refractivity contribution in [3.05, 3.63) is 58.7 Å². The van der Waals surface area contributed by atoms with Gasteiger partial charge < -0.3 is 20.0 Å². The number of nitrogens with zero attached hydrogens (tertiary/aromatic N) is 3. The number of carbonyl (C=O) groups excluding carboxylic acids is 2. The minimum Gasteiger partial charge on any atom is -0.391 e. The van der Waals surface area contributed by atoms with Crippen LogP contribution in [-0.4, -0.2) is 46.9 Å². The zero-order valence-electron chi connectivity index (χ0n) is 17.6. The molecule has 0 fully saturated rings. The van der Waals surface area contributed by atoms with E-state index in [1.54, 1.807) is 11.9 Å². The first-order valence-corrected chi connectivity index (χ1v) is 10.3. The van der Waals surface area contributed by atoms with Crippen LogP contribution >= 0.6 is 0 Å². The standard InChI is InChI=1S/C23H24N4O4/c1-12-10-16-17(11-13(12)2)27(19-15-7-5-4-6-14(15)8-9-18(19)28)23(31)20(26(16)3)24-22(30)25-21(23)29/h4-7,10-11,18-19,28,31H,8-9H2,1-3H3,(H,25,29,30). The number of likely N-dealkylation sites (N-methyl/N-ethyl adjacent to an activating group) is 1. The monoisotopic (exact) mass is 420 g/mol. The van der Waals surface area contributed by atoms with E-state index < -0.39 is 29.8 Å². The van der Waals surface area contributed by atoms with Gasteiger partial charge in [0.25, 0.3) is 11.6 Å². The molecule has 5 rings (SSSR count). The lowest BCUT2D eigenvalue weighted by molar-refractivity contribution is -0.134. The Morgan fingerprint density at radius 3 is 2.55 bits per heavy atom. The molecule has 0 bridgehead atoms. The molecule has 0 spiro atoms. The van der Waals surface area contributed by atoms with E-state index >= 15 is 0 Å². The average molecular weight is 420 g/mol. The van der Waals surface area contributed by atoms with E-state index in [2.05, 4.69) is 10.3 Å². The molecule has 0 saturated heterocycles. The molecule has 0 radical (unpaired) electrons. The van der Waals surface area contributed by atoms with Crippen LogP contribution in [0.1, 0.15) is 34.7 Å². The number of hydrogen-bond donors (Lipinski definition) is 3. The molecule has 3 aliphatic rings. The number of imide groups is 1. The van der Waals surface area contributed by atoms with Gasteiger partial charge in [0.15, 0.2) is 5.84 Å². The van der Waals surface area contributed by atoms with E-state index in [-0.39, 0.29) is 5.84 Å². The lowest BCUT2D eigenvalue weighted by Gasteiger charge is -2.53. The number of anilines is 2. The normalized spacial score (nSPS) is 27.2. The molecule has 160 valence electrons. The van der Waals surface area contributed by atoms with Crippen molar-refractivity contribution in [3.8, 4) is 0 Å². The molecule has 8 heteroatoms. The van der Waals surface area contributed by atoms with Crippen LogP contribution < -0.4 is 15.1 Å². The van der Waals surface area contributed by atoms with Crippen molar-refractivity contribution in [2.24, 2.45) is 4.99 Å². The Bertz CT molecular complexity index is 1160. The molecule has 2 aromatic carbocycles. The number of amidine groups is 1. The highest BCUT2D eigenvalue weighted by Gasteiger charge is 2.59. The van der Waals surface area contributed by atoms with Crippen molar-refractivity contribution in [1.82, 2.24) is 5.32 Å². The van der Waals surface area contributed by atoms with E-state index in [0.29, 0.717) is 24.2 Å². The minimum atomic E-state index is -2.26. The molecule has 2 heterocycles. The summed E-state index contributed by atoms with van der Waals surface area (Å²) >= 11 is 0. The van der Waals surface area contributed by atoms with Crippen LogP contribution in [0.3, 0.4) is 0 Å². The second kappa shape index (κ2) is 6.63. The maximum absolute atomic E-state index is 13.1. The summed E-state index contributed by atoms with van der Waals surface area (Å²) in [5, 5.41) is 25.1. The number of amides is 3. The maximum Gasteiger partial charge on any atom is 0.349 e. The largest absolute Gasteiger partial charge is 0.391 e. The third-order valence-corrected chi connectivity index (χ3v) is 6.66. The highest BCUT2D eigenvalue weighted by molar-refractivity contribution is 6.29. The Labute approximate surface area is 179 Å². The average Bonchev–Trinajstić information content (AvgIpc) is 2.73. The summed E-state index contributed by atoms with van der Waals surface area (Å²) < 4.78 is 0. The van der Waals surface area contributed by atoms with E-state index in [4.69, 9.17) is 0 Å². The first-order chi connectivity index (χ1) is 14.7. The van der Waals surface area contributed by atoms with Gasteiger partial charge in [0, 0.05) is 7.05 Å². The summed E-state index contributed by atoms with van der Waals surface area (Å²) in [5.41, 5.74) is 2.93. The van der Waals surface area contributed by atoms with Gasteiger partial charge in [-0.15, -0.1) is 0 Å². The number of aliphatic hydroxyl groups excluding tert-OH is 1. The number of rotatable bonds is 1. The second-order valence-electron chi connectivity index (χ2n) is 8.47. The van der Waals surface area contributed by atoms with E-state index in [0.717, 1.165) is 22.3 Å². The summed E-state index contributed by atoms with van der Waals surface area (Å²) in [4.78, 5) is 32.3. The molecule has 3 unspecified atom stereocenters. The number of urea groups is 1. The Hall–Kier alpha value is -3.23. The molecule has 8 nitrogen and oxygen atoms in total. The molecule has 2 aromatic rings. The van der Waals surface area contributed by atoms with Gasteiger partial charge >= 0.3 is 6.03 Å². The first-order valence-electron chi connectivity index (χ1n) is 10.3. The fourth-order valence-electron chi connectivity index (χ4n) is 4.93. The van der Waals surface area contributed by atoms with Gasteiger partial charge in [-0.2, -0.15) is 4.99 Å². The van der Waals surface area contributed by atoms with Crippen LogP contribution in [0.2, 0.25) is 0 Å². The molecule has 31 heavy (non-hydrogen) atoms. The third kappa shape index (κ3) is 2.65. The quantitative estimate of drug-likeness (QED) is 0.651. The Morgan fingerprint density at radius 1 is 1.13 bits per heavy atom. The molecular formula is C23H24N4O4. The first kappa shape index (κ1) is 19.7. The highest BCUT2D eigenvalue weighted by atomic mass is 16.3. The summed E-state index contributed by atoms with van der Waals surface area (Å²) in [6.45, 7) is 3.93. The molecule has 3 atom stereocenters. The van der Waals surface area contributed by atoms with Crippen LogP contribution in [0.4, 0.5) is 16.2 Å². The van der Waals surface area contributed by atoms with Gasteiger partial charge in [-0.3, -0.25) is 10.1 Å². The van der Waals surface area contributed by atoms with Crippen molar-refractivity contribution in [3.63, 3.8) is 0 Å². The SMILES string of the molecule is Cc1cc2c(cc1C)N(C1c3ccccc3CCC1O)C1(O)C(=O)NC(=O)N=C1N2C. The molecule has 0 saturated carbocycles. The van der Waals surface area contributed by atoms with Gasteiger partial charge in [0.1, 0.15) is 0 Å². The fraction of sp³-hybridized carbons (Fsp3) is 0.348. The number of hydrogen-bond acceptors (Lipinski definition) is 6. The fourth-order valence-corrected chi connectivity index (χ4v) is 4.93. The van der Waals surface area contributed by atoms with Crippen molar-refractivity contribution in [2.75, 3.05) is 16.8 Å². The Kier molecular flexibility index (Phi) is 4.22. The molecule has 1 aliphatic carbocycles. The Morgan fingerprint density at radius 2 is 1.81 bits per heavy atom. The number of nitrogens with one attached hydrogen (secondary N) is 1. The number of benzene rings is 2. The molecular weight excluding hydrogens is 396 g/mol. The predicted octanol–water partition coefficient (Wildman–Crippen LogP) is 1.94. The molecule has 2 aliphatic heterocycles. The van der Waals surface area contributed by atoms with Crippen LogP contribution in [0.15, 0.2) is 41.4 Å². The van der Waals surface area contributed by atoms with Crippen LogP contribution in [0, 0.1) is 13.8 Å². The zero-order chi connectivity index (χ0) is 22.1. The second-order valence-corrected chi connectivity index (χ2v) is 8.47. The smallest absolute Gasteiger partial charge is 0.349 e. The maximum atomic E-state index is 13.1. The van der Waals surface area contributed by atoms with Crippen molar-refractivity contribution < 1.29 is 19.8 Å². The lowest BCUT2D eigenvalue weighted by atomic mass is 9.82. The third-order valence-electron chi connectivity index (χ3n) is 6.66. The van der Waals surface area contributed by atoms with Crippen LogP contribution in [0.25, 0.3) is 0 Å². The zero-order valence-corrected chi connectivity index (χ0v) is 17.6. The summed E-state index contributed by atoms with van der Waals surface area (Å²) in [7, 11) is 1.67. The van der Waals surface area contributed by atoms with Gasteiger partial charge in [-0.1, -0.05) is 24.3 Å². The van der Waals surface area contributed by atoms with Crippen LogP contribution in [-0.2, 0) is 11.2 Å². The summed E-state index contributed by atoms with van der Waals surface area (Å²) in [5.74, 6) is -0.958. The summed E-state index contributed by atoms with van der Waals surface area (Å²) in [6, 6.07) is 10.0. The summed E-state index contributed by atoms with van der Waals surface area (Å²) in [6.07, 6.45) is 0.353. The van der Waals surface area contributed by atoms with Crippen LogP contribution in [0.5, 0.6) is 0 Å². The van der Waals surface area contributed by atoms with Crippen molar-refractivity contribution in [1.29, 1.82) is 0 Å². The number of fused-ring (bicyclic) bond motifs is 3. The molecule has 3 N–H and O–H groups in total. The van der Waals surface area contributed by atoms with Crippen molar-refractivity contribution >= 4 is 29.1 Å². The van der Waals surface area contributed by atoms with Crippen molar-refractivity contribution in [2.45, 2.75) is 44.6 Å². The van der Waals surface area contributed by atoms with Gasteiger partial charge in [0.2, 0.25) is 0 Å². The van der Waals surface area contributed by atoms with E-state index in [1.807, 2.05) is 50.2 Å². The predicted molar refractivity (Wildman–Crippen MR) is 116 cm³/mol. The Balaban J connectivity index is 1.84. The lowest BCUT2D eigenvalue weighted by Crippen LogP contribution is -2.73. The van der Waals surface area contributed by atoms with Gasteiger partial charge in [0.05, 0.1) is 23.5 Å². The highest BCUT2D eigenvalue weighted by Crippen LogP contribution is 2.49. The number of aliphatic imine (C=N–C) groups is 1. The minimum absolute atomic E-state index is 0.0766. The van der Waals surface area contributed by atoms with E-state index in [1.165, 1.54) is 4.90 Å². The number of carbonyl (C=O) groups is 2. The number of aryl methyl sites for hydroxylation is 3. The van der Waals surface area contributed by atoms with E-state index in [9.17, 15) is 19.8 Å². The molecule has 3 amide bonds. The topological polar surface area (TPSA) is 105 Å². The molecule has 0 aromatic heterocycles. The van der Waals surface area contributed by atoms with Gasteiger partial charge in [-0.05, 0) is 61.1 Å². The van der Waals surface area contributed by atoms with Gasteiger partial charge in [-0.25, -0.2) is 4.79 Å². The number of aliphatic hydroxyl groups is 2.